The van der Waals surface area contributed by atoms with Gasteiger partial charge in [-0.1, -0.05) is 42.1 Å². The zero-order valence-corrected chi connectivity index (χ0v) is 13.2. The van der Waals surface area contributed by atoms with Gasteiger partial charge in [0.25, 0.3) is 0 Å². The molecular formula is C17H16N4S. The van der Waals surface area contributed by atoms with E-state index in [-0.39, 0.29) is 0 Å². The quantitative estimate of drug-likeness (QED) is 0.550. The van der Waals surface area contributed by atoms with Gasteiger partial charge in [-0.05, 0) is 29.5 Å². The Hall–Kier alpha value is -2.14. The number of nitrogens with zero attached hydrogens (tertiary/aromatic N) is 4. The number of rotatable bonds is 3. The summed E-state index contributed by atoms with van der Waals surface area (Å²) in [6.45, 7) is 0. The first-order chi connectivity index (χ1) is 10.8. The molecule has 0 saturated heterocycles. The van der Waals surface area contributed by atoms with E-state index in [1.807, 2.05) is 30.2 Å². The topological polar surface area (TPSA) is 43.6 Å². The van der Waals surface area contributed by atoms with Crippen molar-refractivity contribution in [3.8, 4) is 11.4 Å². The van der Waals surface area contributed by atoms with Crippen LogP contribution < -0.4 is 0 Å². The second-order valence-electron chi connectivity index (χ2n) is 5.44. The van der Waals surface area contributed by atoms with Crippen molar-refractivity contribution in [3.05, 3.63) is 59.4 Å². The number of aromatic nitrogens is 4. The molecule has 0 N–H and O–H groups in total. The van der Waals surface area contributed by atoms with Crippen molar-refractivity contribution in [2.24, 2.45) is 7.05 Å². The summed E-state index contributed by atoms with van der Waals surface area (Å²) >= 11 is 1.68. The van der Waals surface area contributed by atoms with Crippen LogP contribution in [0.2, 0.25) is 0 Å². The Morgan fingerprint density at radius 2 is 1.91 bits per heavy atom. The molecule has 0 bridgehead atoms. The van der Waals surface area contributed by atoms with Gasteiger partial charge in [0.2, 0.25) is 0 Å². The summed E-state index contributed by atoms with van der Waals surface area (Å²) in [6, 6.07) is 10.4. The Labute approximate surface area is 133 Å². The van der Waals surface area contributed by atoms with E-state index in [2.05, 4.69) is 34.3 Å². The largest absolute Gasteiger partial charge is 0.266 e. The van der Waals surface area contributed by atoms with E-state index >= 15 is 0 Å². The van der Waals surface area contributed by atoms with Crippen molar-refractivity contribution in [1.82, 2.24) is 19.7 Å². The molecular weight excluding hydrogens is 292 g/mol. The van der Waals surface area contributed by atoms with Crippen molar-refractivity contribution in [2.75, 3.05) is 0 Å². The van der Waals surface area contributed by atoms with Crippen molar-refractivity contribution in [3.63, 3.8) is 0 Å². The van der Waals surface area contributed by atoms with Crippen LogP contribution in [0.15, 0.2) is 47.9 Å². The molecule has 2 aromatic heterocycles. The van der Waals surface area contributed by atoms with Gasteiger partial charge in [0.1, 0.15) is 0 Å². The summed E-state index contributed by atoms with van der Waals surface area (Å²) in [5.74, 6) is 0.887. The predicted molar refractivity (Wildman–Crippen MR) is 87.6 cm³/mol. The Kier molecular flexibility index (Phi) is 3.42. The Bertz CT molecular complexity index is 811. The third kappa shape index (κ3) is 2.41. The van der Waals surface area contributed by atoms with Crippen LogP contribution in [0, 0.1) is 0 Å². The van der Waals surface area contributed by atoms with E-state index in [0.29, 0.717) is 0 Å². The Morgan fingerprint density at radius 1 is 1.09 bits per heavy atom. The lowest BCUT2D eigenvalue weighted by Crippen LogP contribution is -2.09. The molecule has 0 fully saturated rings. The number of hydrogen-bond donors (Lipinski definition) is 0. The molecule has 0 saturated carbocycles. The van der Waals surface area contributed by atoms with Gasteiger partial charge in [-0.3, -0.25) is 4.68 Å². The second kappa shape index (κ2) is 5.57. The highest BCUT2D eigenvalue weighted by atomic mass is 32.2. The normalized spacial score (nSPS) is 12.8. The number of aryl methyl sites for hydroxylation is 3. The Morgan fingerprint density at radius 3 is 2.77 bits per heavy atom. The second-order valence-corrected chi connectivity index (χ2v) is 6.39. The first-order valence-electron chi connectivity index (χ1n) is 7.35. The van der Waals surface area contributed by atoms with E-state index < -0.39 is 0 Å². The molecule has 4 nitrogen and oxygen atoms in total. The molecule has 1 aliphatic rings. The molecule has 22 heavy (non-hydrogen) atoms. The molecule has 4 rings (SSSR count). The third-order valence-electron chi connectivity index (χ3n) is 3.96. The lowest BCUT2D eigenvalue weighted by Gasteiger charge is -2.16. The SMILES string of the molecule is Cn1ncc2c1-c1nc(SCc3ccccc3)ncc1CC2. The highest BCUT2D eigenvalue weighted by molar-refractivity contribution is 7.98. The van der Waals surface area contributed by atoms with Crippen LogP contribution >= 0.6 is 11.8 Å². The van der Waals surface area contributed by atoms with Gasteiger partial charge in [-0.2, -0.15) is 5.10 Å². The van der Waals surface area contributed by atoms with Crippen LogP contribution in [0.5, 0.6) is 0 Å². The van der Waals surface area contributed by atoms with Crippen LogP contribution in [0.25, 0.3) is 11.4 Å². The van der Waals surface area contributed by atoms with Crippen molar-refractivity contribution >= 4 is 11.8 Å². The van der Waals surface area contributed by atoms with Crippen LogP contribution in [0.1, 0.15) is 16.7 Å². The average Bonchev–Trinajstić information content (AvgIpc) is 2.95. The maximum absolute atomic E-state index is 4.79. The fraction of sp³-hybridized carbons (Fsp3) is 0.235. The monoisotopic (exact) mass is 308 g/mol. The van der Waals surface area contributed by atoms with Gasteiger partial charge < -0.3 is 0 Å². The van der Waals surface area contributed by atoms with E-state index in [9.17, 15) is 0 Å². The van der Waals surface area contributed by atoms with E-state index in [1.165, 1.54) is 16.7 Å². The molecule has 3 aromatic rings. The summed E-state index contributed by atoms with van der Waals surface area (Å²) in [4.78, 5) is 9.31. The fourth-order valence-corrected chi connectivity index (χ4v) is 3.58. The van der Waals surface area contributed by atoms with Gasteiger partial charge in [-0.25, -0.2) is 9.97 Å². The van der Waals surface area contributed by atoms with Gasteiger partial charge in [-0.15, -0.1) is 0 Å². The zero-order chi connectivity index (χ0) is 14.9. The van der Waals surface area contributed by atoms with Crippen molar-refractivity contribution in [1.29, 1.82) is 0 Å². The molecule has 0 amide bonds. The summed E-state index contributed by atoms with van der Waals surface area (Å²) < 4.78 is 1.92. The molecule has 0 atom stereocenters. The number of fused-ring (bicyclic) bond motifs is 3. The summed E-state index contributed by atoms with van der Waals surface area (Å²) in [7, 11) is 1.98. The average molecular weight is 308 g/mol. The minimum Gasteiger partial charge on any atom is -0.266 e. The standard InChI is InChI=1S/C17H16N4S/c1-21-16-14(10-19-21)8-7-13-9-18-17(20-15(13)16)22-11-12-5-3-2-4-6-12/h2-6,9-10H,7-8,11H2,1H3. The van der Waals surface area contributed by atoms with E-state index in [4.69, 9.17) is 4.98 Å². The predicted octanol–water partition coefficient (Wildman–Crippen LogP) is 3.27. The van der Waals surface area contributed by atoms with E-state index in [0.717, 1.165) is 35.1 Å². The lowest BCUT2D eigenvalue weighted by atomic mass is 9.95. The highest BCUT2D eigenvalue weighted by Gasteiger charge is 2.22. The van der Waals surface area contributed by atoms with Crippen LogP contribution in [-0.4, -0.2) is 19.7 Å². The van der Waals surface area contributed by atoms with Crippen LogP contribution in [0.4, 0.5) is 0 Å². The minimum atomic E-state index is 0.830. The van der Waals surface area contributed by atoms with Gasteiger partial charge in [0.15, 0.2) is 5.16 Å². The lowest BCUT2D eigenvalue weighted by molar-refractivity contribution is 0.760. The van der Waals surface area contributed by atoms with Crippen molar-refractivity contribution < 1.29 is 0 Å². The molecule has 0 unspecified atom stereocenters. The summed E-state index contributed by atoms with van der Waals surface area (Å²) in [6.07, 6.45) is 5.95. The van der Waals surface area contributed by atoms with Crippen molar-refractivity contribution in [2.45, 2.75) is 23.8 Å². The first-order valence-corrected chi connectivity index (χ1v) is 8.34. The maximum Gasteiger partial charge on any atom is 0.188 e. The number of hydrogen-bond acceptors (Lipinski definition) is 4. The fourth-order valence-electron chi connectivity index (χ4n) is 2.81. The van der Waals surface area contributed by atoms with Gasteiger partial charge >= 0.3 is 0 Å². The number of benzene rings is 1. The van der Waals surface area contributed by atoms with Crippen LogP contribution in [0.3, 0.4) is 0 Å². The molecule has 0 aliphatic heterocycles. The minimum absolute atomic E-state index is 0.830. The van der Waals surface area contributed by atoms with Crippen LogP contribution in [-0.2, 0) is 25.6 Å². The van der Waals surface area contributed by atoms with E-state index in [1.54, 1.807) is 11.8 Å². The Balaban J connectivity index is 1.63. The third-order valence-corrected chi connectivity index (χ3v) is 4.89. The number of thioether (sulfide) groups is 1. The smallest absolute Gasteiger partial charge is 0.188 e. The zero-order valence-electron chi connectivity index (χ0n) is 12.4. The molecule has 110 valence electrons. The maximum atomic E-state index is 4.79. The summed E-state index contributed by atoms with van der Waals surface area (Å²) in [5.41, 5.74) is 5.99. The molecule has 1 aliphatic carbocycles. The molecule has 5 heteroatoms. The first kappa shape index (κ1) is 13.5. The van der Waals surface area contributed by atoms with Gasteiger partial charge in [0.05, 0.1) is 17.6 Å². The molecule has 1 aromatic carbocycles. The molecule has 0 radical (unpaired) electrons. The van der Waals surface area contributed by atoms with Gasteiger partial charge in [0, 0.05) is 19.0 Å². The molecule has 2 heterocycles. The highest BCUT2D eigenvalue weighted by Crippen LogP contribution is 2.32. The summed E-state index contributed by atoms with van der Waals surface area (Å²) in [5, 5.41) is 5.20. The molecule has 0 spiro atoms.